The van der Waals surface area contributed by atoms with Crippen molar-refractivity contribution >= 4 is 12.0 Å². The van der Waals surface area contributed by atoms with Gasteiger partial charge in [-0.25, -0.2) is 15.1 Å². The van der Waals surface area contributed by atoms with Crippen molar-refractivity contribution in [3.63, 3.8) is 0 Å². The number of carboxylic acid groups (broad SMARTS) is 1. The number of aliphatic carboxylic acids is 1. The van der Waals surface area contributed by atoms with Crippen molar-refractivity contribution in [2.45, 2.75) is 19.4 Å². The molecular formula is C9H16N2O5. The van der Waals surface area contributed by atoms with Crippen LogP contribution in [0.15, 0.2) is 0 Å². The van der Waals surface area contributed by atoms with E-state index in [0.29, 0.717) is 19.1 Å². The Morgan fingerprint density at radius 2 is 2.31 bits per heavy atom. The van der Waals surface area contributed by atoms with Crippen LogP contribution in [0.25, 0.3) is 0 Å². The predicted octanol–water partition coefficient (Wildman–Crippen LogP) is -0.273. The van der Waals surface area contributed by atoms with Crippen LogP contribution in [0.4, 0.5) is 4.79 Å². The van der Waals surface area contributed by atoms with Crippen molar-refractivity contribution in [1.29, 1.82) is 0 Å². The van der Waals surface area contributed by atoms with Crippen LogP contribution in [-0.2, 0) is 14.4 Å². The van der Waals surface area contributed by atoms with Crippen molar-refractivity contribution in [2.24, 2.45) is 5.92 Å². The second kappa shape index (κ2) is 6.29. The predicted molar refractivity (Wildman–Crippen MR) is 53.6 cm³/mol. The first-order valence-electron chi connectivity index (χ1n) is 5.08. The van der Waals surface area contributed by atoms with Crippen molar-refractivity contribution < 1.29 is 24.3 Å². The van der Waals surface area contributed by atoms with Gasteiger partial charge in [-0.2, -0.15) is 0 Å². The maximum absolute atomic E-state index is 11.1. The van der Waals surface area contributed by atoms with Crippen LogP contribution in [0.1, 0.15) is 13.3 Å². The highest BCUT2D eigenvalue weighted by Gasteiger charge is 2.24. The minimum atomic E-state index is -1.14. The van der Waals surface area contributed by atoms with Gasteiger partial charge in [-0.1, -0.05) is 0 Å². The van der Waals surface area contributed by atoms with Crippen LogP contribution >= 0.6 is 0 Å². The van der Waals surface area contributed by atoms with Gasteiger partial charge in [0.25, 0.3) is 0 Å². The maximum atomic E-state index is 11.1. The number of hydroxylamine groups is 1. The molecule has 0 saturated carbocycles. The number of ether oxygens (including phenoxy) is 1. The molecule has 1 fully saturated rings. The molecule has 16 heavy (non-hydrogen) atoms. The van der Waals surface area contributed by atoms with Crippen LogP contribution in [-0.4, -0.2) is 43.0 Å². The number of hydrogen-bond donors (Lipinski definition) is 3. The lowest BCUT2D eigenvalue weighted by Crippen LogP contribution is -2.40. The van der Waals surface area contributed by atoms with Gasteiger partial charge in [0.2, 0.25) is 0 Å². The third-order valence-corrected chi connectivity index (χ3v) is 2.42. The summed E-state index contributed by atoms with van der Waals surface area (Å²) in [6.45, 7) is 2.60. The zero-order valence-corrected chi connectivity index (χ0v) is 9.06. The molecule has 0 aromatic heterocycles. The summed E-state index contributed by atoms with van der Waals surface area (Å²) in [6.07, 6.45) is 1.05. The zero-order chi connectivity index (χ0) is 12.0. The van der Waals surface area contributed by atoms with E-state index < -0.39 is 18.6 Å². The first kappa shape index (κ1) is 12.7. The Kier molecular flexibility index (Phi) is 5.00. The molecule has 1 aliphatic rings. The quantitative estimate of drug-likeness (QED) is 0.567. The van der Waals surface area contributed by atoms with Gasteiger partial charge in [0, 0.05) is 19.1 Å². The molecule has 0 aromatic carbocycles. The molecule has 2 atom stereocenters. The van der Waals surface area contributed by atoms with E-state index in [4.69, 9.17) is 9.84 Å². The second-order valence-corrected chi connectivity index (χ2v) is 3.62. The SMILES string of the molecule is CC1OCCC1CNC(=O)NOCC(=O)O. The van der Waals surface area contributed by atoms with E-state index in [1.807, 2.05) is 12.4 Å². The first-order valence-corrected chi connectivity index (χ1v) is 5.08. The molecule has 1 rings (SSSR count). The Morgan fingerprint density at radius 1 is 1.56 bits per heavy atom. The number of amides is 2. The fourth-order valence-electron chi connectivity index (χ4n) is 1.47. The van der Waals surface area contributed by atoms with E-state index >= 15 is 0 Å². The van der Waals surface area contributed by atoms with Gasteiger partial charge in [0.05, 0.1) is 6.10 Å². The summed E-state index contributed by atoms with van der Waals surface area (Å²) >= 11 is 0. The number of carbonyl (C=O) groups excluding carboxylic acids is 1. The van der Waals surface area contributed by atoms with Crippen molar-refractivity contribution in [1.82, 2.24) is 10.8 Å². The lowest BCUT2D eigenvalue weighted by Gasteiger charge is -2.14. The minimum Gasteiger partial charge on any atom is -0.479 e. The molecule has 2 amide bonds. The van der Waals surface area contributed by atoms with E-state index in [2.05, 4.69) is 10.2 Å². The van der Waals surface area contributed by atoms with Gasteiger partial charge >= 0.3 is 12.0 Å². The lowest BCUT2D eigenvalue weighted by atomic mass is 10.0. The molecule has 0 radical (unpaired) electrons. The van der Waals surface area contributed by atoms with Crippen LogP contribution in [0.5, 0.6) is 0 Å². The van der Waals surface area contributed by atoms with E-state index in [9.17, 15) is 9.59 Å². The number of nitrogens with one attached hydrogen (secondary N) is 2. The van der Waals surface area contributed by atoms with E-state index in [1.165, 1.54) is 0 Å². The third-order valence-electron chi connectivity index (χ3n) is 2.42. The molecule has 3 N–H and O–H groups in total. The number of rotatable bonds is 5. The molecule has 2 unspecified atom stereocenters. The molecule has 1 saturated heterocycles. The van der Waals surface area contributed by atoms with Crippen molar-refractivity contribution in [2.75, 3.05) is 19.8 Å². The highest BCUT2D eigenvalue weighted by Crippen LogP contribution is 2.18. The molecule has 1 aliphatic heterocycles. The summed E-state index contributed by atoms with van der Waals surface area (Å²) in [5.41, 5.74) is 1.98. The van der Waals surface area contributed by atoms with Gasteiger partial charge in [0.1, 0.15) is 0 Å². The Labute approximate surface area is 93.1 Å². The molecule has 7 heteroatoms. The fraction of sp³-hybridized carbons (Fsp3) is 0.778. The molecule has 0 aliphatic carbocycles. The topological polar surface area (TPSA) is 96.9 Å². The monoisotopic (exact) mass is 232 g/mol. The van der Waals surface area contributed by atoms with Crippen molar-refractivity contribution in [3.05, 3.63) is 0 Å². The van der Waals surface area contributed by atoms with E-state index in [-0.39, 0.29) is 6.10 Å². The minimum absolute atomic E-state index is 0.139. The molecule has 0 spiro atoms. The summed E-state index contributed by atoms with van der Waals surface area (Å²) in [5.74, 6) is -0.844. The van der Waals surface area contributed by atoms with Gasteiger partial charge in [-0.05, 0) is 13.3 Å². The maximum Gasteiger partial charge on any atom is 0.338 e. The number of carboxylic acids is 1. The Bertz CT molecular complexity index is 258. The number of urea groups is 1. The normalized spacial score (nSPS) is 24.1. The summed E-state index contributed by atoms with van der Waals surface area (Å²) in [7, 11) is 0. The number of hydrogen-bond acceptors (Lipinski definition) is 4. The van der Waals surface area contributed by atoms with E-state index in [1.54, 1.807) is 0 Å². The van der Waals surface area contributed by atoms with Gasteiger partial charge in [0.15, 0.2) is 6.61 Å². The standard InChI is InChI=1S/C9H16N2O5/c1-6-7(2-3-15-6)4-10-9(14)11-16-5-8(12)13/h6-7H,2-5H2,1H3,(H,12,13)(H2,10,11,14). The van der Waals surface area contributed by atoms with Crippen LogP contribution < -0.4 is 10.8 Å². The molecular weight excluding hydrogens is 216 g/mol. The number of carbonyl (C=O) groups is 2. The lowest BCUT2D eigenvalue weighted by molar-refractivity contribution is -0.144. The first-order chi connectivity index (χ1) is 7.59. The molecule has 0 bridgehead atoms. The molecule has 1 heterocycles. The Hall–Kier alpha value is -1.34. The van der Waals surface area contributed by atoms with Gasteiger partial charge in [-0.15, -0.1) is 0 Å². The Morgan fingerprint density at radius 3 is 2.88 bits per heavy atom. The second-order valence-electron chi connectivity index (χ2n) is 3.62. The highest BCUT2D eigenvalue weighted by atomic mass is 16.7. The smallest absolute Gasteiger partial charge is 0.338 e. The highest BCUT2D eigenvalue weighted by molar-refractivity contribution is 5.73. The molecule has 92 valence electrons. The summed E-state index contributed by atoms with van der Waals surface area (Å²) < 4.78 is 5.33. The summed E-state index contributed by atoms with van der Waals surface area (Å²) in [5, 5.41) is 10.8. The Balaban J connectivity index is 2.08. The largest absolute Gasteiger partial charge is 0.479 e. The van der Waals surface area contributed by atoms with Crippen molar-refractivity contribution in [3.8, 4) is 0 Å². The van der Waals surface area contributed by atoms with Crippen LogP contribution in [0.2, 0.25) is 0 Å². The average molecular weight is 232 g/mol. The third kappa shape index (κ3) is 4.45. The molecule has 7 nitrogen and oxygen atoms in total. The zero-order valence-electron chi connectivity index (χ0n) is 9.06. The average Bonchev–Trinajstić information content (AvgIpc) is 2.60. The van der Waals surface area contributed by atoms with Gasteiger partial charge < -0.3 is 15.2 Å². The van der Waals surface area contributed by atoms with Gasteiger partial charge in [-0.3, -0.25) is 4.84 Å². The summed E-state index contributed by atoms with van der Waals surface area (Å²) in [4.78, 5) is 25.6. The van der Waals surface area contributed by atoms with Crippen LogP contribution in [0, 0.1) is 5.92 Å². The van der Waals surface area contributed by atoms with E-state index in [0.717, 1.165) is 6.42 Å². The fourth-order valence-corrected chi connectivity index (χ4v) is 1.47. The van der Waals surface area contributed by atoms with Crippen LogP contribution in [0.3, 0.4) is 0 Å². The summed E-state index contributed by atoms with van der Waals surface area (Å²) in [6, 6.07) is -0.541. The molecule has 0 aromatic rings.